The number of benzene rings is 1. The molecule has 2 N–H and O–H groups in total. The van der Waals surface area contributed by atoms with Crippen LogP contribution in [0.3, 0.4) is 0 Å². The van der Waals surface area contributed by atoms with Crippen molar-refractivity contribution in [2.75, 3.05) is 12.3 Å². The van der Waals surface area contributed by atoms with Crippen LogP contribution in [0.1, 0.15) is 18.9 Å². The Labute approximate surface area is 89.5 Å². The van der Waals surface area contributed by atoms with Crippen LogP contribution in [0.15, 0.2) is 30.3 Å². The van der Waals surface area contributed by atoms with Gasteiger partial charge in [0.25, 0.3) is 0 Å². The predicted molar refractivity (Wildman–Crippen MR) is 61.1 cm³/mol. The summed E-state index contributed by atoms with van der Waals surface area (Å²) in [6, 6.07) is 7.45. The lowest BCUT2D eigenvalue weighted by atomic mass is 10.2. The Morgan fingerprint density at radius 3 is 2.67 bits per heavy atom. The van der Waals surface area contributed by atoms with E-state index in [2.05, 4.69) is 0 Å². The quantitative estimate of drug-likeness (QED) is 0.605. The van der Waals surface area contributed by atoms with Gasteiger partial charge in [0.2, 0.25) is 0 Å². The molecular weight excluding hydrogens is 190 g/mol. The number of nitrogen functional groups attached to an aromatic ring is 1. The SMILES string of the molecule is CCOC(=O)CC=Cc1ccc(N)cc1. The molecule has 3 nitrogen and oxygen atoms in total. The molecule has 1 aromatic rings. The van der Waals surface area contributed by atoms with Crippen molar-refractivity contribution in [3.8, 4) is 0 Å². The highest BCUT2D eigenvalue weighted by Gasteiger charge is 1.95. The molecule has 0 aromatic heterocycles. The highest BCUT2D eigenvalue weighted by molar-refractivity contribution is 5.72. The summed E-state index contributed by atoms with van der Waals surface area (Å²) in [6.07, 6.45) is 3.96. The first kappa shape index (κ1) is 11.3. The second kappa shape index (κ2) is 5.86. The van der Waals surface area contributed by atoms with Gasteiger partial charge in [-0.25, -0.2) is 0 Å². The maximum atomic E-state index is 11.0. The van der Waals surface area contributed by atoms with E-state index in [9.17, 15) is 4.79 Å². The predicted octanol–water partition coefficient (Wildman–Crippen LogP) is 2.24. The zero-order valence-electron chi connectivity index (χ0n) is 8.77. The van der Waals surface area contributed by atoms with E-state index in [1.165, 1.54) is 0 Å². The third-order valence-electron chi connectivity index (χ3n) is 1.84. The van der Waals surface area contributed by atoms with E-state index >= 15 is 0 Å². The number of esters is 1. The summed E-state index contributed by atoms with van der Waals surface area (Å²) < 4.78 is 4.79. The smallest absolute Gasteiger partial charge is 0.309 e. The van der Waals surface area contributed by atoms with Crippen molar-refractivity contribution >= 4 is 17.7 Å². The summed E-state index contributed by atoms with van der Waals surface area (Å²) in [4.78, 5) is 11.0. The molecule has 0 spiro atoms. The molecule has 0 fully saturated rings. The number of anilines is 1. The van der Waals surface area contributed by atoms with Gasteiger partial charge in [0.05, 0.1) is 13.0 Å². The first-order valence-corrected chi connectivity index (χ1v) is 4.90. The van der Waals surface area contributed by atoms with Gasteiger partial charge in [0.1, 0.15) is 0 Å². The Bertz CT molecular complexity index is 341. The second-order valence-electron chi connectivity index (χ2n) is 3.08. The summed E-state index contributed by atoms with van der Waals surface area (Å²) in [5.74, 6) is -0.204. The number of rotatable bonds is 4. The van der Waals surface area contributed by atoms with Gasteiger partial charge in [-0.2, -0.15) is 0 Å². The summed E-state index contributed by atoms with van der Waals surface area (Å²) in [6.45, 7) is 2.22. The van der Waals surface area contributed by atoms with Crippen LogP contribution in [0.4, 0.5) is 5.69 Å². The van der Waals surface area contributed by atoms with E-state index < -0.39 is 0 Å². The average Bonchev–Trinajstić information content (AvgIpc) is 2.21. The molecule has 0 saturated heterocycles. The van der Waals surface area contributed by atoms with Crippen LogP contribution >= 0.6 is 0 Å². The molecule has 3 heteroatoms. The summed E-state index contributed by atoms with van der Waals surface area (Å²) >= 11 is 0. The van der Waals surface area contributed by atoms with Crippen molar-refractivity contribution in [1.29, 1.82) is 0 Å². The van der Waals surface area contributed by atoms with Crippen molar-refractivity contribution in [2.45, 2.75) is 13.3 Å². The molecule has 0 aliphatic rings. The number of hydrogen-bond donors (Lipinski definition) is 1. The molecule has 0 atom stereocenters. The summed E-state index contributed by atoms with van der Waals surface area (Å²) in [5.41, 5.74) is 7.30. The summed E-state index contributed by atoms with van der Waals surface area (Å²) in [5, 5.41) is 0. The van der Waals surface area contributed by atoms with E-state index in [-0.39, 0.29) is 5.97 Å². The largest absolute Gasteiger partial charge is 0.466 e. The molecule has 80 valence electrons. The molecule has 0 unspecified atom stereocenters. The van der Waals surface area contributed by atoms with E-state index in [4.69, 9.17) is 10.5 Å². The fourth-order valence-corrected chi connectivity index (χ4v) is 1.12. The van der Waals surface area contributed by atoms with Crippen LogP contribution < -0.4 is 5.73 Å². The Balaban J connectivity index is 2.44. The molecule has 15 heavy (non-hydrogen) atoms. The maximum absolute atomic E-state index is 11.0. The van der Waals surface area contributed by atoms with E-state index in [1.807, 2.05) is 30.3 Å². The minimum absolute atomic E-state index is 0.204. The molecule has 0 aliphatic carbocycles. The normalized spacial score (nSPS) is 10.5. The van der Waals surface area contributed by atoms with Crippen LogP contribution in [0.25, 0.3) is 6.08 Å². The third kappa shape index (κ3) is 4.31. The fourth-order valence-electron chi connectivity index (χ4n) is 1.12. The minimum atomic E-state index is -0.204. The minimum Gasteiger partial charge on any atom is -0.466 e. The van der Waals surface area contributed by atoms with Crippen LogP contribution in [0, 0.1) is 0 Å². The highest BCUT2D eigenvalue weighted by Crippen LogP contribution is 2.07. The van der Waals surface area contributed by atoms with E-state index in [0.717, 1.165) is 11.3 Å². The van der Waals surface area contributed by atoms with Crippen LogP contribution in [-0.2, 0) is 9.53 Å². The highest BCUT2D eigenvalue weighted by atomic mass is 16.5. The average molecular weight is 205 g/mol. The number of carbonyl (C=O) groups excluding carboxylic acids is 1. The first-order valence-electron chi connectivity index (χ1n) is 4.90. The molecule has 0 bridgehead atoms. The molecule has 0 radical (unpaired) electrons. The van der Waals surface area contributed by atoms with Crippen LogP contribution in [-0.4, -0.2) is 12.6 Å². The lowest BCUT2D eigenvalue weighted by molar-refractivity contribution is -0.142. The van der Waals surface area contributed by atoms with Gasteiger partial charge >= 0.3 is 5.97 Å². The van der Waals surface area contributed by atoms with Crippen molar-refractivity contribution in [3.63, 3.8) is 0 Å². The molecule has 1 aromatic carbocycles. The molecule has 1 rings (SSSR count). The number of carbonyl (C=O) groups is 1. The number of nitrogens with two attached hydrogens (primary N) is 1. The van der Waals surface area contributed by atoms with Gasteiger partial charge in [-0.1, -0.05) is 24.3 Å². The monoisotopic (exact) mass is 205 g/mol. The summed E-state index contributed by atoms with van der Waals surface area (Å²) in [7, 11) is 0. The van der Waals surface area contributed by atoms with E-state index in [1.54, 1.807) is 13.0 Å². The zero-order valence-corrected chi connectivity index (χ0v) is 8.77. The van der Waals surface area contributed by atoms with Gasteiger partial charge in [0.15, 0.2) is 0 Å². The van der Waals surface area contributed by atoms with Crippen LogP contribution in [0.5, 0.6) is 0 Å². The van der Waals surface area contributed by atoms with Gasteiger partial charge in [-0.15, -0.1) is 0 Å². The Kier molecular flexibility index (Phi) is 4.41. The second-order valence-corrected chi connectivity index (χ2v) is 3.08. The van der Waals surface area contributed by atoms with Gasteiger partial charge in [-0.3, -0.25) is 4.79 Å². The van der Waals surface area contributed by atoms with Gasteiger partial charge in [-0.05, 0) is 24.6 Å². The van der Waals surface area contributed by atoms with Crippen molar-refractivity contribution < 1.29 is 9.53 Å². The van der Waals surface area contributed by atoms with Crippen molar-refractivity contribution in [1.82, 2.24) is 0 Å². The number of hydrogen-bond acceptors (Lipinski definition) is 3. The van der Waals surface area contributed by atoms with Gasteiger partial charge < -0.3 is 10.5 Å². The lowest BCUT2D eigenvalue weighted by Gasteiger charge is -1.97. The molecule has 0 aliphatic heterocycles. The molecular formula is C12H15NO2. The lowest BCUT2D eigenvalue weighted by Crippen LogP contribution is -2.01. The van der Waals surface area contributed by atoms with Crippen molar-refractivity contribution in [2.24, 2.45) is 0 Å². The topological polar surface area (TPSA) is 52.3 Å². The van der Waals surface area contributed by atoms with Crippen molar-refractivity contribution in [3.05, 3.63) is 35.9 Å². The molecule has 0 saturated carbocycles. The van der Waals surface area contributed by atoms with Crippen LogP contribution in [0.2, 0.25) is 0 Å². The molecule has 0 amide bonds. The maximum Gasteiger partial charge on any atom is 0.309 e. The third-order valence-corrected chi connectivity index (χ3v) is 1.84. The number of ether oxygens (including phenoxy) is 1. The first-order chi connectivity index (χ1) is 7.22. The Hall–Kier alpha value is -1.77. The Morgan fingerprint density at radius 1 is 1.40 bits per heavy atom. The zero-order chi connectivity index (χ0) is 11.1. The standard InChI is InChI=1S/C12H15NO2/c1-2-15-12(14)5-3-4-10-6-8-11(13)9-7-10/h3-4,6-9H,2,5,13H2,1H3. The van der Waals surface area contributed by atoms with E-state index in [0.29, 0.717) is 13.0 Å². The molecule has 0 heterocycles. The Morgan fingerprint density at radius 2 is 2.07 bits per heavy atom. The fraction of sp³-hybridized carbons (Fsp3) is 0.250. The van der Waals surface area contributed by atoms with Gasteiger partial charge in [0, 0.05) is 5.69 Å².